The lowest BCUT2D eigenvalue weighted by atomic mass is 9.83. The Labute approximate surface area is 121 Å². The number of nitrogens with one attached hydrogen (secondary N) is 1. The number of thiophene rings is 1. The molecular formula is C15H14ClNOS. The highest BCUT2D eigenvalue weighted by molar-refractivity contribution is 7.11. The third kappa shape index (κ3) is 2.22. The van der Waals surface area contributed by atoms with E-state index in [1.54, 1.807) is 0 Å². The van der Waals surface area contributed by atoms with Crippen LogP contribution in [0.1, 0.15) is 33.6 Å². The van der Waals surface area contributed by atoms with E-state index in [2.05, 4.69) is 16.8 Å². The minimum Gasteiger partial charge on any atom is -0.304 e. The Balaban J connectivity index is 2.11. The van der Waals surface area contributed by atoms with Gasteiger partial charge in [-0.15, -0.1) is 11.3 Å². The van der Waals surface area contributed by atoms with Crippen LogP contribution in [0.4, 0.5) is 0 Å². The molecule has 0 radical (unpaired) electrons. The number of hydrogen-bond donors (Lipinski definition) is 1. The average Bonchev–Trinajstić information content (AvgIpc) is 3.08. The number of carbonyl (C=O) groups excluding carboxylic acids is 1. The number of halogens is 1. The summed E-state index contributed by atoms with van der Waals surface area (Å²) in [5.74, 6) is 0. The Morgan fingerprint density at radius 2 is 2.21 bits per heavy atom. The number of carbonyl (C=O) groups is 1. The van der Waals surface area contributed by atoms with Gasteiger partial charge in [0.1, 0.15) is 0 Å². The molecule has 2 heterocycles. The molecule has 19 heavy (non-hydrogen) atoms. The summed E-state index contributed by atoms with van der Waals surface area (Å²) in [6, 6.07) is 9.96. The molecule has 1 aliphatic rings. The van der Waals surface area contributed by atoms with E-state index < -0.39 is 0 Å². The zero-order valence-corrected chi connectivity index (χ0v) is 11.9. The molecule has 0 bridgehead atoms. The third-order valence-electron chi connectivity index (χ3n) is 3.70. The minimum absolute atomic E-state index is 0.192. The maximum Gasteiger partial charge on any atom is 0.160 e. The molecule has 3 rings (SSSR count). The number of benzene rings is 1. The summed E-state index contributed by atoms with van der Waals surface area (Å²) in [6.45, 7) is 0.985. The monoisotopic (exact) mass is 291 g/mol. The van der Waals surface area contributed by atoms with Crippen LogP contribution in [0.5, 0.6) is 0 Å². The van der Waals surface area contributed by atoms with Gasteiger partial charge in [-0.05, 0) is 54.1 Å². The van der Waals surface area contributed by atoms with E-state index in [0.717, 1.165) is 35.6 Å². The van der Waals surface area contributed by atoms with E-state index in [9.17, 15) is 4.79 Å². The predicted molar refractivity (Wildman–Crippen MR) is 79.2 cm³/mol. The fraction of sp³-hybridized carbons (Fsp3) is 0.267. The maximum absolute atomic E-state index is 10.9. The smallest absolute Gasteiger partial charge is 0.160 e. The minimum atomic E-state index is -0.192. The first kappa shape index (κ1) is 12.9. The molecule has 0 saturated carbocycles. The molecular weight excluding hydrogens is 278 g/mol. The maximum atomic E-state index is 10.9. The second-order valence-corrected chi connectivity index (χ2v) is 6.18. The molecule has 0 aliphatic carbocycles. The normalized spacial score (nSPS) is 22.6. The molecule has 1 saturated heterocycles. The molecule has 1 N–H and O–H groups in total. The highest BCUT2D eigenvalue weighted by Gasteiger charge is 2.37. The molecule has 2 nitrogen and oxygen atoms in total. The average molecular weight is 292 g/mol. The van der Waals surface area contributed by atoms with E-state index in [0.29, 0.717) is 0 Å². The van der Waals surface area contributed by atoms with Crippen LogP contribution in [-0.4, -0.2) is 12.8 Å². The van der Waals surface area contributed by atoms with Crippen LogP contribution in [0.3, 0.4) is 0 Å². The van der Waals surface area contributed by atoms with Crippen molar-refractivity contribution in [2.45, 2.75) is 18.4 Å². The molecule has 1 atom stereocenters. The zero-order valence-electron chi connectivity index (χ0n) is 10.4. The number of hydrogen-bond acceptors (Lipinski definition) is 3. The van der Waals surface area contributed by atoms with Gasteiger partial charge >= 0.3 is 0 Å². The fourth-order valence-electron chi connectivity index (χ4n) is 2.80. The van der Waals surface area contributed by atoms with Crippen molar-refractivity contribution in [3.8, 4) is 0 Å². The van der Waals surface area contributed by atoms with Crippen molar-refractivity contribution in [2.24, 2.45) is 0 Å². The van der Waals surface area contributed by atoms with Crippen LogP contribution in [-0.2, 0) is 5.54 Å². The van der Waals surface area contributed by atoms with Crippen molar-refractivity contribution >= 4 is 29.2 Å². The fourth-order valence-corrected chi connectivity index (χ4v) is 3.77. The zero-order chi connectivity index (χ0) is 13.3. The van der Waals surface area contributed by atoms with E-state index in [1.165, 1.54) is 22.5 Å². The summed E-state index contributed by atoms with van der Waals surface area (Å²) >= 11 is 7.62. The van der Waals surface area contributed by atoms with Crippen molar-refractivity contribution in [3.05, 3.63) is 56.7 Å². The van der Waals surface area contributed by atoms with Gasteiger partial charge in [0.15, 0.2) is 6.29 Å². The summed E-state index contributed by atoms with van der Waals surface area (Å²) in [5, 5.41) is 6.42. The lowest BCUT2D eigenvalue weighted by molar-refractivity contribution is 0.112. The topological polar surface area (TPSA) is 29.1 Å². The largest absolute Gasteiger partial charge is 0.304 e. The molecule has 1 aromatic carbocycles. The lowest BCUT2D eigenvalue weighted by Gasteiger charge is -2.30. The van der Waals surface area contributed by atoms with Gasteiger partial charge in [0.05, 0.1) is 10.4 Å². The van der Waals surface area contributed by atoms with Gasteiger partial charge in [0.25, 0.3) is 0 Å². The van der Waals surface area contributed by atoms with Crippen LogP contribution < -0.4 is 5.32 Å². The first-order chi connectivity index (χ1) is 9.24. The Hall–Kier alpha value is -1.16. The van der Waals surface area contributed by atoms with Crippen LogP contribution in [0.15, 0.2) is 35.7 Å². The summed E-state index contributed by atoms with van der Waals surface area (Å²) in [5.41, 5.74) is 2.15. The summed E-state index contributed by atoms with van der Waals surface area (Å²) in [6.07, 6.45) is 3.07. The van der Waals surface area contributed by atoms with E-state index in [4.69, 9.17) is 11.6 Å². The molecule has 1 fully saturated rings. The Morgan fingerprint density at radius 1 is 1.32 bits per heavy atom. The van der Waals surface area contributed by atoms with Crippen LogP contribution >= 0.6 is 22.9 Å². The quantitative estimate of drug-likeness (QED) is 0.871. The summed E-state index contributed by atoms with van der Waals surface area (Å²) in [4.78, 5) is 11.7. The second-order valence-electron chi connectivity index (χ2n) is 4.80. The molecule has 98 valence electrons. The first-order valence-electron chi connectivity index (χ1n) is 6.30. The summed E-state index contributed by atoms with van der Waals surface area (Å²) < 4.78 is 0. The standard InChI is InChI=1S/C15H14ClNOS/c16-13-4-1-3-11(7-13)15(5-2-6-17-15)12-8-14(9-18)19-10-12/h1,3-4,7-10,17H,2,5-6H2/t15-/m1/s1. The van der Waals surface area contributed by atoms with Crippen LogP contribution in [0.2, 0.25) is 5.02 Å². The molecule has 4 heteroatoms. The SMILES string of the molecule is O=Cc1cc([C@]2(c3cccc(Cl)c3)CCCN2)cs1. The van der Waals surface area contributed by atoms with Crippen molar-refractivity contribution in [1.82, 2.24) is 5.32 Å². The molecule has 2 aromatic rings. The van der Waals surface area contributed by atoms with E-state index in [-0.39, 0.29) is 5.54 Å². The van der Waals surface area contributed by atoms with E-state index >= 15 is 0 Å². The van der Waals surface area contributed by atoms with Gasteiger partial charge in [0.2, 0.25) is 0 Å². The number of rotatable bonds is 3. The van der Waals surface area contributed by atoms with Crippen molar-refractivity contribution in [2.75, 3.05) is 6.54 Å². The van der Waals surface area contributed by atoms with Crippen molar-refractivity contribution in [1.29, 1.82) is 0 Å². The van der Waals surface area contributed by atoms with Crippen LogP contribution in [0.25, 0.3) is 0 Å². The van der Waals surface area contributed by atoms with Gasteiger partial charge in [-0.25, -0.2) is 0 Å². The molecule has 0 spiro atoms. The summed E-state index contributed by atoms with van der Waals surface area (Å²) in [7, 11) is 0. The highest BCUT2D eigenvalue weighted by Crippen LogP contribution is 2.39. The van der Waals surface area contributed by atoms with Gasteiger partial charge in [-0.3, -0.25) is 4.79 Å². The van der Waals surface area contributed by atoms with E-state index in [1.807, 2.05) is 24.3 Å². The Morgan fingerprint density at radius 3 is 2.84 bits per heavy atom. The van der Waals surface area contributed by atoms with Crippen molar-refractivity contribution in [3.63, 3.8) is 0 Å². The van der Waals surface area contributed by atoms with Gasteiger partial charge in [-0.1, -0.05) is 23.7 Å². The third-order valence-corrected chi connectivity index (χ3v) is 4.79. The Kier molecular flexibility index (Phi) is 3.44. The lowest BCUT2D eigenvalue weighted by Crippen LogP contribution is -2.37. The molecule has 1 aromatic heterocycles. The molecule has 0 amide bonds. The van der Waals surface area contributed by atoms with Gasteiger partial charge in [-0.2, -0.15) is 0 Å². The first-order valence-corrected chi connectivity index (χ1v) is 7.56. The van der Waals surface area contributed by atoms with Gasteiger partial charge in [0, 0.05) is 5.02 Å². The molecule has 1 aliphatic heterocycles. The Bertz CT molecular complexity index is 602. The van der Waals surface area contributed by atoms with Crippen molar-refractivity contribution < 1.29 is 4.79 Å². The number of aldehydes is 1. The highest BCUT2D eigenvalue weighted by atomic mass is 35.5. The predicted octanol–water partition coefficient (Wildman–Crippen LogP) is 3.84. The van der Waals surface area contributed by atoms with Crippen LogP contribution in [0, 0.1) is 0 Å². The van der Waals surface area contributed by atoms with Gasteiger partial charge < -0.3 is 5.32 Å². The second kappa shape index (κ2) is 5.08. The molecule has 0 unspecified atom stereocenters.